The molecule has 1 N–H and O–H groups in total. The van der Waals surface area contributed by atoms with Gasteiger partial charge in [0.25, 0.3) is 0 Å². The molecule has 1 aromatic rings. The number of halogens is 1. The maximum Gasteiger partial charge on any atom is 0.193 e. The number of hydrogen-bond acceptors (Lipinski definition) is 6. The Bertz CT molecular complexity index is 561. The van der Waals surface area contributed by atoms with Crippen molar-refractivity contribution in [3.63, 3.8) is 0 Å². The average molecular weight is 505 g/mol. The van der Waals surface area contributed by atoms with E-state index in [0.29, 0.717) is 0 Å². The minimum atomic E-state index is 0. The molecular weight excluding hydrogens is 469 g/mol. The summed E-state index contributed by atoms with van der Waals surface area (Å²) in [5.41, 5.74) is 1.01. The Hall–Kier alpha value is -0.910. The van der Waals surface area contributed by atoms with Crippen molar-refractivity contribution in [2.75, 3.05) is 79.5 Å². The second kappa shape index (κ2) is 12.6. The standard InChI is InChI=1S/C19H35N7O.HI/c1-20-19(21-6-3-8-24-9-4-7-23(2)10-11-24)26-14-12-25(13-15-26)17-18-5-16-27-22-18;/h5,16H,3-4,6-15,17H2,1-2H3,(H,20,21);1H. The van der Waals surface area contributed by atoms with Gasteiger partial charge in [-0.05, 0) is 39.5 Å². The van der Waals surface area contributed by atoms with E-state index in [0.717, 1.165) is 57.3 Å². The fourth-order valence-corrected chi connectivity index (χ4v) is 3.82. The molecule has 9 heteroatoms. The first-order valence-electron chi connectivity index (χ1n) is 10.2. The molecule has 0 bridgehead atoms. The monoisotopic (exact) mass is 505 g/mol. The van der Waals surface area contributed by atoms with Crippen LogP contribution in [0.5, 0.6) is 0 Å². The number of guanidine groups is 1. The van der Waals surface area contributed by atoms with Gasteiger partial charge in [0.2, 0.25) is 0 Å². The van der Waals surface area contributed by atoms with Crippen LogP contribution in [0, 0.1) is 0 Å². The number of nitrogens with zero attached hydrogens (tertiary/aromatic N) is 6. The number of nitrogens with one attached hydrogen (secondary N) is 1. The first-order valence-corrected chi connectivity index (χ1v) is 10.2. The Labute approximate surface area is 186 Å². The number of aromatic nitrogens is 1. The van der Waals surface area contributed by atoms with Crippen LogP contribution in [-0.4, -0.2) is 110 Å². The van der Waals surface area contributed by atoms with Gasteiger partial charge in [-0.15, -0.1) is 24.0 Å². The molecule has 0 spiro atoms. The molecule has 2 aliphatic rings. The Balaban J connectivity index is 0.00000280. The lowest BCUT2D eigenvalue weighted by Gasteiger charge is -2.36. The van der Waals surface area contributed by atoms with Crippen molar-refractivity contribution >= 4 is 29.9 Å². The van der Waals surface area contributed by atoms with Crippen molar-refractivity contribution in [3.8, 4) is 0 Å². The third-order valence-electron chi connectivity index (χ3n) is 5.51. The van der Waals surface area contributed by atoms with Crippen molar-refractivity contribution in [3.05, 3.63) is 18.0 Å². The van der Waals surface area contributed by atoms with E-state index in [1.54, 1.807) is 6.26 Å². The van der Waals surface area contributed by atoms with Crippen LogP contribution in [0.4, 0.5) is 0 Å². The van der Waals surface area contributed by atoms with Crippen LogP contribution in [-0.2, 0) is 6.54 Å². The lowest BCUT2D eigenvalue weighted by molar-refractivity contribution is 0.169. The smallest absolute Gasteiger partial charge is 0.193 e. The minimum Gasteiger partial charge on any atom is -0.364 e. The summed E-state index contributed by atoms with van der Waals surface area (Å²) in [6, 6.07) is 1.94. The fourth-order valence-electron chi connectivity index (χ4n) is 3.82. The summed E-state index contributed by atoms with van der Waals surface area (Å²) < 4.78 is 4.92. The van der Waals surface area contributed by atoms with Crippen molar-refractivity contribution in [1.29, 1.82) is 0 Å². The quantitative estimate of drug-likeness (QED) is 0.268. The highest BCUT2D eigenvalue weighted by Crippen LogP contribution is 2.07. The highest BCUT2D eigenvalue weighted by Gasteiger charge is 2.20. The van der Waals surface area contributed by atoms with Crippen LogP contribution in [0.25, 0.3) is 0 Å². The second-order valence-electron chi connectivity index (χ2n) is 7.58. The van der Waals surface area contributed by atoms with E-state index < -0.39 is 0 Å². The number of rotatable bonds is 6. The number of hydrogen-bond donors (Lipinski definition) is 1. The number of likely N-dealkylation sites (N-methyl/N-ethyl adjacent to an activating group) is 1. The van der Waals surface area contributed by atoms with E-state index in [-0.39, 0.29) is 24.0 Å². The molecule has 2 fully saturated rings. The zero-order chi connectivity index (χ0) is 18.9. The van der Waals surface area contributed by atoms with E-state index in [2.05, 4.69) is 42.1 Å². The highest BCUT2D eigenvalue weighted by atomic mass is 127. The normalized spacial score (nSPS) is 20.6. The molecule has 1 aromatic heterocycles. The summed E-state index contributed by atoms with van der Waals surface area (Å²) in [5.74, 6) is 1.03. The van der Waals surface area contributed by atoms with Crippen LogP contribution in [0.1, 0.15) is 18.5 Å². The van der Waals surface area contributed by atoms with Crippen molar-refractivity contribution < 1.29 is 4.52 Å². The van der Waals surface area contributed by atoms with Gasteiger partial charge in [-0.25, -0.2) is 0 Å². The molecule has 2 saturated heterocycles. The van der Waals surface area contributed by atoms with Gasteiger partial charge in [0.05, 0.1) is 5.69 Å². The van der Waals surface area contributed by atoms with Gasteiger partial charge < -0.3 is 24.5 Å². The molecule has 3 heterocycles. The van der Waals surface area contributed by atoms with Gasteiger partial charge in [-0.1, -0.05) is 5.16 Å². The van der Waals surface area contributed by atoms with Gasteiger partial charge in [0.15, 0.2) is 5.96 Å². The molecule has 0 aliphatic carbocycles. The topological polar surface area (TPSA) is 63.4 Å². The largest absolute Gasteiger partial charge is 0.364 e. The van der Waals surface area contributed by atoms with E-state index in [1.807, 2.05) is 13.1 Å². The SMILES string of the molecule is CN=C(NCCCN1CCCN(C)CC1)N1CCN(Cc2ccon2)CC1.I. The third kappa shape index (κ3) is 7.49. The molecule has 3 rings (SSSR count). The summed E-state index contributed by atoms with van der Waals surface area (Å²) in [4.78, 5) is 14.3. The van der Waals surface area contributed by atoms with Crippen LogP contribution in [0.15, 0.2) is 21.8 Å². The molecule has 2 aliphatic heterocycles. The summed E-state index contributed by atoms with van der Waals surface area (Å²) in [6.07, 6.45) is 4.08. The zero-order valence-corrected chi connectivity index (χ0v) is 19.7. The number of aliphatic imine (C=N–C) groups is 1. The van der Waals surface area contributed by atoms with Gasteiger partial charge in [0, 0.05) is 65.5 Å². The molecule has 0 unspecified atom stereocenters. The third-order valence-corrected chi connectivity index (χ3v) is 5.51. The first kappa shape index (κ1) is 23.4. The maximum atomic E-state index is 4.92. The lowest BCUT2D eigenvalue weighted by Crippen LogP contribution is -2.52. The molecule has 8 nitrogen and oxygen atoms in total. The van der Waals surface area contributed by atoms with Gasteiger partial charge in [-0.2, -0.15) is 0 Å². The summed E-state index contributed by atoms with van der Waals surface area (Å²) in [7, 11) is 4.11. The lowest BCUT2D eigenvalue weighted by atomic mass is 10.3. The molecule has 0 radical (unpaired) electrons. The summed E-state index contributed by atoms with van der Waals surface area (Å²) in [5, 5.41) is 7.56. The van der Waals surface area contributed by atoms with E-state index in [9.17, 15) is 0 Å². The first-order chi connectivity index (χ1) is 13.2. The van der Waals surface area contributed by atoms with Crippen LogP contribution >= 0.6 is 24.0 Å². The average Bonchev–Trinajstić information content (AvgIpc) is 3.10. The predicted molar refractivity (Wildman–Crippen MR) is 123 cm³/mol. The van der Waals surface area contributed by atoms with Crippen molar-refractivity contribution in [2.24, 2.45) is 4.99 Å². The van der Waals surface area contributed by atoms with E-state index >= 15 is 0 Å². The predicted octanol–water partition coefficient (Wildman–Crippen LogP) is 1.01. The summed E-state index contributed by atoms with van der Waals surface area (Å²) in [6.45, 7) is 11.9. The molecule has 0 amide bonds. The van der Waals surface area contributed by atoms with Crippen molar-refractivity contribution in [2.45, 2.75) is 19.4 Å². The zero-order valence-electron chi connectivity index (χ0n) is 17.3. The summed E-state index contributed by atoms with van der Waals surface area (Å²) >= 11 is 0. The van der Waals surface area contributed by atoms with Crippen molar-refractivity contribution in [1.82, 2.24) is 30.1 Å². The molecule has 28 heavy (non-hydrogen) atoms. The van der Waals surface area contributed by atoms with Crippen LogP contribution in [0.2, 0.25) is 0 Å². The molecule has 0 aromatic carbocycles. The maximum absolute atomic E-state index is 4.92. The molecule has 160 valence electrons. The van der Waals surface area contributed by atoms with Crippen LogP contribution < -0.4 is 5.32 Å². The molecular formula is C19H36IN7O. The Morgan fingerprint density at radius 3 is 2.61 bits per heavy atom. The Morgan fingerprint density at radius 1 is 1.11 bits per heavy atom. The fraction of sp³-hybridized carbons (Fsp3) is 0.789. The molecule has 0 saturated carbocycles. The van der Waals surface area contributed by atoms with E-state index in [4.69, 9.17) is 4.52 Å². The van der Waals surface area contributed by atoms with Gasteiger partial charge in [-0.3, -0.25) is 9.89 Å². The van der Waals surface area contributed by atoms with Gasteiger partial charge in [0.1, 0.15) is 6.26 Å². The second-order valence-corrected chi connectivity index (χ2v) is 7.58. The molecule has 0 atom stereocenters. The Kier molecular flexibility index (Phi) is 10.5. The van der Waals surface area contributed by atoms with E-state index in [1.165, 1.54) is 39.1 Å². The van der Waals surface area contributed by atoms with Crippen LogP contribution in [0.3, 0.4) is 0 Å². The Morgan fingerprint density at radius 2 is 1.89 bits per heavy atom. The minimum absolute atomic E-state index is 0. The van der Waals surface area contributed by atoms with Gasteiger partial charge >= 0.3 is 0 Å². The highest BCUT2D eigenvalue weighted by molar-refractivity contribution is 14.0. The number of piperazine rings is 1.